The third-order valence-corrected chi connectivity index (χ3v) is 6.95. The highest BCUT2D eigenvalue weighted by Gasteiger charge is 2.32. The van der Waals surface area contributed by atoms with Crippen molar-refractivity contribution < 1.29 is 35.9 Å². The van der Waals surface area contributed by atoms with Gasteiger partial charge in [-0.2, -0.15) is 0 Å². The number of amides is 3. The van der Waals surface area contributed by atoms with Gasteiger partial charge in [0.2, 0.25) is 5.91 Å². The first-order valence-electron chi connectivity index (χ1n) is 11.5. The molecule has 0 bridgehead atoms. The topological polar surface area (TPSA) is 105 Å². The number of aryl methyl sites for hydroxylation is 1. The molecule has 12 heteroatoms. The number of carbonyl (C=O) groups excluding carboxylic acids is 2. The fraction of sp³-hybridized carbons (Fsp3) is 0.231. The predicted molar refractivity (Wildman–Crippen MR) is 135 cm³/mol. The van der Waals surface area contributed by atoms with Crippen molar-refractivity contribution in [2.75, 3.05) is 11.4 Å². The van der Waals surface area contributed by atoms with Gasteiger partial charge in [-0.15, -0.1) is 13.2 Å². The summed E-state index contributed by atoms with van der Waals surface area (Å²) in [6.45, 7) is 3.35. The highest BCUT2D eigenvalue weighted by atomic mass is 32.2. The maximum Gasteiger partial charge on any atom is 0.573 e. The van der Waals surface area contributed by atoms with E-state index in [9.17, 15) is 31.2 Å². The van der Waals surface area contributed by atoms with Crippen LogP contribution in [0.4, 0.5) is 23.7 Å². The van der Waals surface area contributed by atoms with E-state index in [1.807, 2.05) is 4.72 Å². The number of likely N-dealkylation sites (N-methyl/N-ethyl adjacent to an activating group) is 1. The summed E-state index contributed by atoms with van der Waals surface area (Å²) in [5.74, 6) is -1.05. The van der Waals surface area contributed by atoms with Gasteiger partial charge in [0.05, 0.1) is 4.90 Å². The minimum absolute atomic E-state index is 0.0310. The van der Waals surface area contributed by atoms with Crippen molar-refractivity contribution in [1.29, 1.82) is 0 Å². The summed E-state index contributed by atoms with van der Waals surface area (Å²) >= 11 is 0. The zero-order valence-corrected chi connectivity index (χ0v) is 21.3. The zero-order chi connectivity index (χ0) is 27.9. The molecule has 3 amide bonds. The maximum absolute atomic E-state index is 13.5. The molecule has 0 radical (unpaired) electrons. The molecule has 0 heterocycles. The number of nitrogens with zero attached hydrogens (tertiary/aromatic N) is 1. The fourth-order valence-corrected chi connectivity index (χ4v) is 4.92. The lowest BCUT2D eigenvalue weighted by Gasteiger charge is -2.27. The smallest absolute Gasteiger partial charge is 0.406 e. The molecule has 0 aromatic heterocycles. The Balaban J connectivity index is 1.84. The average Bonchev–Trinajstić information content (AvgIpc) is 2.84. The summed E-state index contributed by atoms with van der Waals surface area (Å²) in [6, 6.07) is 17.3. The molecule has 3 rings (SSSR count). The summed E-state index contributed by atoms with van der Waals surface area (Å²) in [5, 5.41) is 2.44. The number of hydrogen-bond donors (Lipinski definition) is 2. The first-order valence-corrected chi connectivity index (χ1v) is 13.0. The second kappa shape index (κ2) is 12.0. The molecule has 0 saturated heterocycles. The van der Waals surface area contributed by atoms with E-state index in [2.05, 4.69) is 10.1 Å². The van der Waals surface area contributed by atoms with Crippen LogP contribution in [0.2, 0.25) is 0 Å². The molecule has 202 valence electrons. The van der Waals surface area contributed by atoms with Crippen LogP contribution >= 0.6 is 0 Å². The first-order chi connectivity index (χ1) is 17.9. The van der Waals surface area contributed by atoms with E-state index in [0.29, 0.717) is 11.1 Å². The molecule has 0 aliphatic heterocycles. The minimum Gasteiger partial charge on any atom is -0.406 e. The largest absolute Gasteiger partial charge is 0.573 e. The number of nitrogens with one attached hydrogen (secondary N) is 2. The highest BCUT2D eigenvalue weighted by molar-refractivity contribution is 7.90. The Morgan fingerprint density at radius 2 is 1.55 bits per heavy atom. The van der Waals surface area contributed by atoms with Crippen molar-refractivity contribution in [2.45, 2.75) is 37.6 Å². The van der Waals surface area contributed by atoms with E-state index < -0.39 is 40.1 Å². The molecule has 8 nitrogen and oxygen atoms in total. The zero-order valence-electron chi connectivity index (χ0n) is 20.5. The number of ether oxygens (including phenoxy) is 1. The Labute approximate surface area is 218 Å². The van der Waals surface area contributed by atoms with E-state index >= 15 is 0 Å². The predicted octanol–water partition coefficient (Wildman–Crippen LogP) is 4.55. The lowest BCUT2D eigenvalue weighted by atomic mass is 10.0. The second-order valence-electron chi connectivity index (χ2n) is 8.21. The molecule has 0 saturated carbocycles. The number of urea groups is 1. The van der Waals surface area contributed by atoms with E-state index in [-0.39, 0.29) is 23.5 Å². The quantitative estimate of drug-likeness (QED) is 0.408. The van der Waals surface area contributed by atoms with Crippen molar-refractivity contribution in [3.63, 3.8) is 0 Å². The van der Waals surface area contributed by atoms with E-state index in [4.69, 9.17) is 0 Å². The molecule has 0 aliphatic rings. The van der Waals surface area contributed by atoms with Crippen LogP contribution in [0.1, 0.15) is 18.1 Å². The van der Waals surface area contributed by atoms with Gasteiger partial charge in [0.1, 0.15) is 11.8 Å². The molecule has 3 aromatic carbocycles. The minimum atomic E-state index is -4.86. The Hall–Kier alpha value is -4.06. The van der Waals surface area contributed by atoms with Gasteiger partial charge in [-0.25, -0.2) is 17.9 Å². The van der Waals surface area contributed by atoms with Gasteiger partial charge in [0.25, 0.3) is 10.0 Å². The maximum atomic E-state index is 13.5. The first kappa shape index (κ1) is 28.5. The Bertz CT molecular complexity index is 1360. The number of benzene rings is 3. The SMILES string of the molecule is CCN(C(=O)[C@H](Cc1ccccc1)NC(=O)NS(=O)(=O)c1ccccc1C)c1ccc(OC(F)(F)F)cc1. The lowest BCUT2D eigenvalue weighted by molar-refractivity contribution is -0.274. The Kier molecular flexibility index (Phi) is 9.00. The second-order valence-corrected chi connectivity index (χ2v) is 9.86. The Morgan fingerprint density at radius 3 is 2.13 bits per heavy atom. The summed E-state index contributed by atoms with van der Waals surface area (Å²) < 4.78 is 68.8. The average molecular weight is 550 g/mol. The Morgan fingerprint density at radius 1 is 0.947 bits per heavy atom. The number of anilines is 1. The van der Waals surface area contributed by atoms with Gasteiger partial charge in [-0.1, -0.05) is 48.5 Å². The highest BCUT2D eigenvalue weighted by Crippen LogP contribution is 2.26. The number of alkyl halides is 3. The van der Waals surface area contributed by atoms with Crippen molar-refractivity contribution >= 4 is 27.6 Å². The number of rotatable bonds is 9. The van der Waals surface area contributed by atoms with Crippen LogP contribution in [0.15, 0.2) is 83.8 Å². The summed E-state index contributed by atoms with van der Waals surface area (Å²) in [5.41, 5.74) is 1.39. The number of carbonyl (C=O) groups is 2. The van der Waals surface area contributed by atoms with E-state index in [1.54, 1.807) is 56.3 Å². The number of halogens is 3. The van der Waals surface area contributed by atoms with Gasteiger partial charge in [0, 0.05) is 18.7 Å². The van der Waals surface area contributed by atoms with Crippen LogP contribution in [0.5, 0.6) is 5.75 Å². The summed E-state index contributed by atoms with van der Waals surface area (Å²) in [7, 11) is -4.22. The van der Waals surface area contributed by atoms with Crippen molar-refractivity contribution in [3.8, 4) is 5.75 Å². The van der Waals surface area contributed by atoms with Crippen molar-refractivity contribution in [3.05, 3.63) is 90.0 Å². The number of sulfonamides is 1. The third kappa shape index (κ3) is 7.72. The molecule has 0 fully saturated rings. The molecule has 0 aliphatic carbocycles. The molecule has 3 aromatic rings. The van der Waals surface area contributed by atoms with Gasteiger partial charge < -0.3 is 15.0 Å². The molecule has 0 spiro atoms. The van der Waals surface area contributed by atoms with Crippen LogP contribution in [-0.2, 0) is 21.2 Å². The summed E-state index contributed by atoms with van der Waals surface area (Å²) in [6.07, 6.45) is -4.83. The van der Waals surface area contributed by atoms with Crippen LogP contribution < -0.4 is 19.7 Å². The number of hydrogen-bond acceptors (Lipinski definition) is 5. The van der Waals surface area contributed by atoms with Crippen LogP contribution in [-0.4, -0.2) is 39.3 Å². The normalized spacial score (nSPS) is 12.3. The van der Waals surface area contributed by atoms with Crippen LogP contribution in [0.3, 0.4) is 0 Å². The van der Waals surface area contributed by atoms with Gasteiger partial charge in [-0.3, -0.25) is 4.79 Å². The van der Waals surface area contributed by atoms with E-state index in [1.165, 1.54) is 29.2 Å². The molecule has 2 N–H and O–H groups in total. The van der Waals surface area contributed by atoms with Crippen molar-refractivity contribution in [1.82, 2.24) is 10.0 Å². The van der Waals surface area contributed by atoms with Crippen LogP contribution in [0.25, 0.3) is 0 Å². The molecular formula is C26H26F3N3O5S. The molecular weight excluding hydrogens is 523 g/mol. The van der Waals surface area contributed by atoms with Crippen molar-refractivity contribution in [2.24, 2.45) is 0 Å². The summed E-state index contributed by atoms with van der Waals surface area (Å²) in [4.78, 5) is 27.5. The monoisotopic (exact) mass is 549 g/mol. The van der Waals surface area contributed by atoms with Gasteiger partial charge in [-0.05, 0) is 55.3 Å². The third-order valence-electron chi connectivity index (χ3n) is 5.46. The van der Waals surface area contributed by atoms with Gasteiger partial charge in [0.15, 0.2) is 0 Å². The standard InChI is InChI=1S/C26H26F3N3O5S/c1-3-32(20-13-15-21(16-14-20)37-26(27,28)29)24(33)22(17-19-10-5-4-6-11-19)30-25(34)31-38(35,36)23-12-8-7-9-18(23)2/h4-16,22H,3,17H2,1-2H3,(H2,30,31,34)/t22-/m0/s1. The molecule has 1 atom stereocenters. The van der Waals surface area contributed by atoms with E-state index in [0.717, 1.165) is 12.1 Å². The van der Waals surface area contributed by atoms with Gasteiger partial charge >= 0.3 is 12.4 Å². The molecule has 38 heavy (non-hydrogen) atoms. The van der Waals surface area contributed by atoms with Crippen LogP contribution in [0, 0.1) is 6.92 Å². The molecule has 0 unspecified atom stereocenters. The lowest BCUT2D eigenvalue weighted by Crippen LogP contribution is -2.53. The fourth-order valence-electron chi connectivity index (χ4n) is 3.75.